The first-order chi connectivity index (χ1) is 12.6. The standard InChI is InChI=1S/C19H26N4O3.HI/c1-20-19(21-12-15-7-6-8-18(22-15)26-5)23(2)13-14-9-10-16(24-3)11-17(14)25-4;/h6-11H,12-13H2,1-5H3,(H,20,21);1H. The van der Waals surface area contributed by atoms with Crippen molar-refractivity contribution in [2.75, 3.05) is 35.4 Å². The highest BCUT2D eigenvalue weighted by atomic mass is 127. The molecule has 0 aliphatic heterocycles. The molecule has 0 fully saturated rings. The second-order valence-corrected chi connectivity index (χ2v) is 5.61. The van der Waals surface area contributed by atoms with Crippen molar-refractivity contribution in [2.45, 2.75) is 13.1 Å². The number of ether oxygens (including phenoxy) is 3. The number of nitrogens with one attached hydrogen (secondary N) is 1. The van der Waals surface area contributed by atoms with Crippen LogP contribution in [-0.4, -0.2) is 51.3 Å². The van der Waals surface area contributed by atoms with E-state index in [-0.39, 0.29) is 24.0 Å². The Bertz CT molecular complexity index is 755. The summed E-state index contributed by atoms with van der Waals surface area (Å²) >= 11 is 0. The van der Waals surface area contributed by atoms with E-state index in [2.05, 4.69) is 15.3 Å². The number of rotatable bonds is 7. The van der Waals surface area contributed by atoms with Crippen LogP contribution in [0.15, 0.2) is 41.4 Å². The van der Waals surface area contributed by atoms with Gasteiger partial charge in [0.15, 0.2) is 5.96 Å². The monoisotopic (exact) mass is 486 g/mol. The molecule has 2 aromatic rings. The van der Waals surface area contributed by atoms with Crippen LogP contribution in [0.5, 0.6) is 17.4 Å². The molecule has 1 heterocycles. The summed E-state index contributed by atoms with van der Waals surface area (Å²) in [6, 6.07) is 11.5. The van der Waals surface area contributed by atoms with Crippen LogP contribution >= 0.6 is 24.0 Å². The van der Waals surface area contributed by atoms with E-state index in [0.29, 0.717) is 19.0 Å². The van der Waals surface area contributed by atoms with Gasteiger partial charge in [0, 0.05) is 38.3 Å². The van der Waals surface area contributed by atoms with Gasteiger partial charge in [-0.3, -0.25) is 4.99 Å². The van der Waals surface area contributed by atoms with Crippen LogP contribution in [-0.2, 0) is 13.1 Å². The number of methoxy groups -OCH3 is 3. The Morgan fingerprint density at radius 2 is 1.89 bits per heavy atom. The number of benzene rings is 1. The van der Waals surface area contributed by atoms with Crippen LogP contribution in [0, 0.1) is 0 Å². The molecule has 148 valence electrons. The molecule has 0 bridgehead atoms. The lowest BCUT2D eigenvalue weighted by Crippen LogP contribution is -2.38. The van der Waals surface area contributed by atoms with Gasteiger partial charge in [-0.25, -0.2) is 4.98 Å². The van der Waals surface area contributed by atoms with Crippen molar-refractivity contribution in [3.05, 3.63) is 47.7 Å². The van der Waals surface area contributed by atoms with Gasteiger partial charge in [0.1, 0.15) is 11.5 Å². The Labute approximate surface area is 177 Å². The van der Waals surface area contributed by atoms with Crippen LogP contribution in [0.25, 0.3) is 0 Å². The van der Waals surface area contributed by atoms with Crippen molar-refractivity contribution < 1.29 is 14.2 Å². The molecule has 7 nitrogen and oxygen atoms in total. The number of hydrogen-bond acceptors (Lipinski definition) is 5. The average molecular weight is 486 g/mol. The molecule has 27 heavy (non-hydrogen) atoms. The zero-order valence-electron chi connectivity index (χ0n) is 16.4. The Morgan fingerprint density at radius 3 is 2.52 bits per heavy atom. The van der Waals surface area contributed by atoms with Gasteiger partial charge < -0.3 is 24.4 Å². The summed E-state index contributed by atoms with van der Waals surface area (Å²) in [5, 5.41) is 3.31. The van der Waals surface area contributed by atoms with E-state index >= 15 is 0 Å². The molecule has 0 saturated carbocycles. The lowest BCUT2D eigenvalue weighted by Gasteiger charge is -2.23. The third-order valence-corrected chi connectivity index (χ3v) is 3.89. The predicted octanol–water partition coefficient (Wildman–Crippen LogP) is 2.93. The molecule has 0 saturated heterocycles. The first-order valence-corrected chi connectivity index (χ1v) is 8.23. The van der Waals surface area contributed by atoms with E-state index < -0.39 is 0 Å². The van der Waals surface area contributed by atoms with Gasteiger partial charge in [-0.1, -0.05) is 6.07 Å². The third-order valence-electron chi connectivity index (χ3n) is 3.89. The van der Waals surface area contributed by atoms with Crippen LogP contribution in [0.1, 0.15) is 11.3 Å². The van der Waals surface area contributed by atoms with Crippen molar-refractivity contribution in [1.82, 2.24) is 15.2 Å². The number of halogens is 1. The maximum absolute atomic E-state index is 5.47. The van der Waals surface area contributed by atoms with E-state index in [1.165, 1.54) is 0 Å². The molecule has 0 amide bonds. The summed E-state index contributed by atoms with van der Waals surface area (Å²) in [5.41, 5.74) is 1.92. The van der Waals surface area contributed by atoms with Crippen LogP contribution in [0.3, 0.4) is 0 Å². The summed E-state index contributed by atoms with van der Waals surface area (Å²) in [4.78, 5) is 10.8. The fourth-order valence-corrected chi connectivity index (χ4v) is 2.54. The number of pyridine rings is 1. The highest BCUT2D eigenvalue weighted by Gasteiger charge is 2.11. The van der Waals surface area contributed by atoms with Crippen molar-refractivity contribution in [1.29, 1.82) is 0 Å². The summed E-state index contributed by atoms with van der Waals surface area (Å²) in [6.45, 7) is 1.19. The molecular formula is C19H27IN4O3. The number of hydrogen-bond donors (Lipinski definition) is 1. The predicted molar refractivity (Wildman–Crippen MR) is 117 cm³/mol. The van der Waals surface area contributed by atoms with E-state index in [0.717, 1.165) is 28.7 Å². The summed E-state index contributed by atoms with van der Waals surface area (Å²) in [6.07, 6.45) is 0. The molecule has 0 aliphatic carbocycles. The lowest BCUT2D eigenvalue weighted by molar-refractivity contribution is 0.382. The molecular weight excluding hydrogens is 459 g/mol. The van der Waals surface area contributed by atoms with Crippen molar-refractivity contribution in [3.63, 3.8) is 0 Å². The SMILES string of the molecule is CN=C(NCc1cccc(OC)n1)N(C)Cc1ccc(OC)cc1OC.I. The normalized spacial score (nSPS) is 10.6. The van der Waals surface area contributed by atoms with Crippen molar-refractivity contribution >= 4 is 29.9 Å². The first kappa shape index (κ1) is 22.8. The van der Waals surface area contributed by atoms with Gasteiger partial charge in [0.2, 0.25) is 5.88 Å². The van der Waals surface area contributed by atoms with Crippen molar-refractivity contribution in [2.24, 2.45) is 4.99 Å². The Morgan fingerprint density at radius 1 is 1.11 bits per heavy atom. The zero-order chi connectivity index (χ0) is 18.9. The highest BCUT2D eigenvalue weighted by molar-refractivity contribution is 14.0. The minimum atomic E-state index is 0. The smallest absolute Gasteiger partial charge is 0.213 e. The molecule has 1 N–H and O–H groups in total. The second-order valence-electron chi connectivity index (χ2n) is 5.61. The second kappa shape index (κ2) is 11.5. The number of aliphatic imine (C=N–C) groups is 1. The summed E-state index contributed by atoms with van der Waals surface area (Å²) in [7, 11) is 8.62. The zero-order valence-corrected chi connectivity index (χ0v) is 18.7. The maximum Gasteiger partial charge on any atom is 0.213 e. The highest BCUT2D eigenvalue weighted by Crippen LogP contribution is 2.25. The van der Waals surface area contributed by atoms with Gasteiger partial charge in [0.25, 0.3) is 0 Å². The summed E-state index contributed by atoms with van der Waals surface area (Å²) < 4.78 is 15.9. The van der Waals surface area contributed by atoms with Crippen molar-refractivity contribution in [3.8, 4) is 17.4 Å². The molecule has 0 atom stereocenters. The van der Waals surface area contributed by atoms with Gasteiger partial charge in [-0.05, 0) is 18.2 Å². The van der Waals surface area contributed by atoms with Gasteiger partial charge in [-0.2, -0.15) is 0 Å². The van der Waals surface area contributed by atoms with E-state index in [4.69, 9.17) is 14.2 Å². The molecule has 0 unspecified atom stereocenters. The van der Waals surface area contributed by atoms with Gasteiger partial charge >= 0.3 is 0 Å². The van der Waals surface area contributed by atoms with E-state index in [9.17, 15) is 0 Å². The minimum absolute atomic E-state index is 0. The third kappa shape index (κ3) is 6.46. The number of aromatic nitrogens is 1. The average Bonchev–Trinajstić information content (AvgIpc) is 2.68. The molecule has 8 heteroatoms. The lowest BCUT2D eigenvalue weighted by atomic mass is 10.2. The fraction of sp³-hybridized carbons (Fsp3) is 0.368. The quantitative estimate of drug-likeness (QED) is 0.369. The van der Waals surface area contributed by atoms with Gasteiger partial charge in [0.05, 0.1) is 33.6 Å². The molecule has 0 spiro atoms. The van der Waals surface area contributed by atoms with Crippen LogP contribution in [0.4, 0.5) is 0 Å². The largest absolute Gasteiger partial charge is 0.497 e. The van der Waals surface area contributed by atoms with E-state index in [1.807, 2.05) is 48.3 Å². The fourth-order valence-electron chi connectivity index (χ4n) is 2.54. The van der Waals surface area contributed by atoms with Crippen LogP contribution < -0.4 is 19.5 Å². The van der Waals surface area contributed by atoms with Crippen LogP contribution in [0.2, 0.25) is 0 Å². The first-order valence-electron chi connectivity index (χ1n) is 8.23. The molecule has 2 rings (SSSR count). The summed E-state index contributed by atoms with van der Waals surface area (Å²) in [5.74, 6) is 2.89. The van der Waals surface area contributed by atoms with Gasteiger partial charge in [-0.15, -0.1) is 24.0 Å². The number of nitrogens with zero attached hydrogens (tertiary/aromatic N) is 3. The molecule has 0 aliphatic rings. The maximum atomic E-state index is 5.47. The topological polar surface area (TPSA) is 68.2 Å². The molecule has 1 aromatic heterocycles. The minimum Gasteiger partial charge on any atom is -0.497 e. The van der Waals surface area contributed by atoms with E-state index in [1.54, 1.807) is 28.4 Å². The molecule has 1 aromatic carbocycles. The Balaban J connectivity index is 0.00000364. The Hall–Kier alpha value is -2.23. The Kier molecular flexibility index (Phi) is 9.70. The number of guanidine groups is 1. The molecule has 0 radical (unpaired) electrons.